The van der Waals surface area contributed by atoms with Crippen LogP contribution in [0.5, 0.6) is 0 Å². The van der Waals surface area contributed by atoms with Gasteiger partial charge < -0.3 is 5.32 Å². The number of unbranched alkanes of at least 4 members (excludes halogenated alkanes) is 1. The highest BCUT2D eigenvalue weighted by Gasteiger charge is 2.33. The maximum absolute atomic E-state index is 3.29. The minimum atomic E-state index is 0.733. The lowest BCUT2D eigenvalue weighted by Gasteiger charge is -2.33. The minimum Gasteiger partial charge on any atom is -0.319 e. The van der Waals surface area contributed by atoms with E-state index in [0.717, 1.165) is 24.5 Å². The Morgan fingerprint density at radius 2 is 2.00 bits per heavy atom. The van der Waals surface area contributed by atoms with E-state index >= 15 is 0 Å². The van der Waals surface area contributed by atoms with Crippen molar-refractivity contribution in [3.63, 3.8) is 0 Å². The Morgan fingerprint density at radius 1 is 1.33 bits per heavy atom. The van der Waals surface area contributed by atoms with Crippen molar-refractivity contribution >= 4 is 0 Å². The van der Waals surface area contributed by atoms with Crippen LogP contribution in [0.4, 0.5) is 0 Å². The van der Waals surface area contributed by atoms with Crippen LogP contribution in [0.15, 0.2) is 0 Å². The van der Waals surface area contributed by atoms with Crippen molar-refractivity contribution in [1.29, 1.82) is 0 Å². The molecule has 1 rings (SSSR count). The molecule has 0 spiro atoms. The van der Waals surface area contributed by atoms with Crippen LogP contribution in [0.1, 0.15) is 46.5 Å². The van der Waals surface area contributed by atoms with Gasteiger partial charge in [0, 0.05) is 12.1 Å². The standard InChI is InChI=1S/C13H28N2/c1-5-6-9-15(13-7-8-13)12(3)11(2)10-14-4/h11-14H,5-10H2,1-4H3. The summed E-state index contributed by atoms with van der Waals surface area (Å²) in [5.41, 5.74) is 0. The van der Waals surface area contributed by atoms with E-state index in [4.69, 9.17) is 0 Å². The van der Waals surface area contributed by atoms with E-state index in [9.17, 15) is 0 Å². The number of nitrogens with zero attached hydrogens (tertiary/aromatic N) is 1. The van der Waals surface area contributed by atoms with Gasteiger partial charge in [-0.1, -0.05) is 20.3 Å². The highest BCUT2D eigenvalue weighted by atomic mass is 15.2. The second-order valence-electron chi connectivity index (χ2n) is 5.10. The summed E-state index contributed by atoms with van der Waals surface area (Å²) in [6.45, 7) is 9.48. The molecule has 1 fully saturated rings. The van der Waals surface area contributed by atoms with Crippen molar-refractivity contribution in [2.75, 3.05) is 20.1 Å². The van der Waals surface area contributed by atoms with Crippen molar-refractivity contribution in [2.24, 2.45) is 5.92 Å². The molecular formula is C13H28N2. The van der Waals surface area contributed by atoms with Gasteiger partial charge in [0.15, 0.2) is 0 Å². The zero-order valence-electron chi connectivity index (χ0n) is 10.9. The molecule has 1 aliphatic carbocycles. The van der Waals surface area contributed by atoms with E-state index in [1.54, 1.807) is 0 Å². The third-order valence-corrected chi connectivity index (χ3v) is 3.66. The first-order valence-corrected chi connectivity index (χ1v) is 6.61. The average molecular weight is 212 g/mol. The molecule has 0 bridgehead atoms. The second kappa shape index (κ2) is 6.49. The van der Waals surface area contributed by atoms with Gasteiger partial charge in [-0.15, -0.1) is 0 Å². The van der Waals surface area contributed by atoms with Crippen molar-refractivity contribution in [3.05, 3.63) is 0 Å². The van der Waals surface area contributed by atoms with Crippen molar-refractivity contribution in [1.82, 2.24) is 10.2 Å². The topological polar surface area (TPSA) is 15.3 Å². The zero-order valence-corrected chi connectivity index (χ0v) is 10.9. The van der Waals surface area contributed by atoms with Gasteiger partial charge in [-0.3, -0.25) is 4.90 Å². The van der Waals surface area contributed by atoms with Crippen molar-refractivity contribution < 1.29 is 0 Å². The third kappa shape index (κ3) is 4.12. The van der Waals surface area contributed by atoms with Crippen LogP contribution in [0.2, 0.25) is 0 Å². The first kappa shape index (κ1) is 13.0. The molecular weight excluding hydrogens is 184 g/mol. The predicted molar refractivity (Wildman–Crippen MR) is 67.2 cm³/mol. The molecule has 0 radical (unpaired) electrons. The molecule has 15 heavy (non-hydrogen) atoms. The lowest BCUT2D eigenvalue weighted by Crippen LogP contribution is -2.42. The molecule has 0 amide bonds. The Kier molecular flexibility index (Phi) is 5.62. The molecule has 2 unspecified atom stereocenters. The first-order chi connectivity index (χ1) is 7.20. The van der Waals surface area contributed by atoms with E-state index in [1.165, 1.54) is 32.2 Å². The fourth-order valence-electron chi connectivity index (χ4n) is 2.29. The smallest absolute Gasteiger partial charge is 0.0108 e. The van der Waals surface area contributed by atoms with Crippen LogP contribution < -0.4 is 5.32 Å². The molecule has 2 heteroatoms. The molecule has 0 saturated heterocycles. The Balaban J connectivity index is 2.39. The van der Waals surface area contributed by atoms with E-state index < -0.39 is 0 Å². The average Bonchev–Trinajstić information content (AvgIpc) is 3.02. The Labute approximate surface area is 95.4 Å². The number of hydrogen-bond donors (Lipinski definition) is 1. The lowest BCUT2D eigenvalue weighted by molar-refractivity contribution is 0.149. The summed E-state index contributed by atoms with van der Waals surface area (Å²) < 4.78 is 0. The molecule has 1 N–H and O–H groups in total. The van der Waals surface area contributed by atoms with Crippen LogP contribution in [-0.4, -0.2) is 37.1 Å². The highest BCUT2D eigenvalue weighted by Crippen LogP contribution is 2.30. The summed E-state index contributed by atoms with van der Waals surface area (Å²) in [6.07, 6.45) is 5.53. The van der Waals surface area contributed by atoms with Gasteiger partial charge in [0.25, 0.3) is 0 Å². The molecule has 0 aromatic rings. The fourth-order valence-corrected chi connectivity index (χ4v) is 2.29. The van der Waals surface area contributed by atoms with Gasteiger partial charge in [-0.2, -0.15) is 0 Å². The fraction of sp³-hybridized carbons (Fsp3) is 1.00. The molecule has 0 aliphatic heterocycles. The second-order valence-corrected chi connectivity index (χ2v) is 5.10. The number of hydrogen-bond acceptors (Lipinski definition) is 2. The van der Waals surface area contributed by atoms with Gasteiger partial charge in [0.05, 0.1) is 0 Å². The van der Waals surface area contributed by atoms with Crippen LogP contribution in [0.25, 0.3) is 0 Å². The largest absolute Gasteiger partial charge is 0.319 e. The molecule has 0 aromatic heterocycles. The maximum Gasteiger partial charge on any atom is 0.0108 e. The summed E-state index contributed by atoms with van der Waals surface area (Å²) >= 11 is 0. The predicted octanol–water partition coefficient (Wildman–Crippen LogP) is 2.49. The first-order valence-electron chi connectivity index (χ1n) is 6.61. The quantitative estimate of drug-likeness (QED) is 0.665. The van der Waals surface area contributed by atoms with Gasteiger partial charge in [0.1, 0.15) is 0 Å². The highest BCUT2D eigenvalue weighted by molar-refractivity contribution is 4.89. The van der Waals surface area contributed by atoms with Gasteiger partial charge in [-0.25, -0.2) is 0 Å². The Morgan fingerprint density at radius 3 is 2.47 bits per heavy atom. The summed E-state index contributed by atoms with van der Waals surface area (Å²) in [5, 5.41) is 3.29. The van der Waals surface area contributed by atoms with Gasteiger partial charge in [0.2, 0.25) is 0 Å². The lowest BCUT2D eigenvalue weighted by atomic mass is 10.0. The molecule has 1 saturated carbocycles. The van der Waals surface area contributed by atoms with Crippen molar-refractivity contribution in [3.8, 4) is 0 Å². The monoisotopic (exact) mass is 212 g/mol. The SMILES string of the molecule is CCCCN(C1CC1)C(C)C(C)CNC. The third-order valence-electron chi connectivity index (χ3n) is 3.66. The van der Waals surface area contributed by atoms with Crippen LogP contribution in [-0.2, 0) is 0 Å². The van der Waals surface area contributed by atoms with E-state index in [-0.39, 0.29) is 0 Å². The minimum absolute atomic E-state index is 0.733. The maximum atomic E-state index is 3.29. The summed E-state index contributed by atoms with van der Waals surface area (Å²) in [5.74, 6) is 0.757. The Hall–Kier alpha value is -0.0800. The molecule has 2 nitrogen and oxygen atoms in total. The molecule has 0 heterocycles. The van der Waals surface area contributed by atoms with E-state index in [2.05, 4.69) is 38.0 Å². The van der Waals surface area contributed by atoms with Crippen LogP contribution in [0, 0.1) is 5.92 Å². The molecule has 90 valence electrons. The van der Waals surface area contributed by atoms with E-state index in [1.807, 2.05) is 0 Å². The summed E-state index contributed by atoms with van der Waals surface area (Å²) in [7, 11) is 2.05. The van der Waals surface area contributed by atoms with E-state index in [0.29, 0.717) is 0 Å². The van der Waals surface area contributed by atoms with Crippen molar-refractivity contribution in [2.45, 2.75) is 58.5 Å². The van der Waals surface area contributed by atoms with Gasteiger partial charge >= 0.3 is 0 Å². The number of nitrogens with one attached hydrogen (secondary N) is 1. The zero-order chi connectivity index (χ0) is 11.3. The normalized spacial score (nSPS) is 20.6. The van der Waals surface area contributed by atoms with Crippen LogP contribution >= 0.6 is 0 Å². The molecule has 2 atom stereocenters. The number of rotatable bonds is 8. The molecule has 0 aromatic carbocycles. The summed E-state index contributed by atoms with van der Waals surface area (Å²) in [4.78, 5) is 2.74. The van der Waals surface area contributed by atoms with Crippen LogP contribution in [0.3, 0.4) is 0 Å². The van der Waals surface area contributed by atoms with Gasteiger partial charge in [-0.05, 0) is 52.2 Å². The Bertz CT molecular complexity index is 166. The summed E-state index contributed by atoms with van der Waals surface area (Å²) in [6, 6.07) is 1.64. The molecule has 1 aliphatic rings.